The van der Waals surface area contributed by atoms with E-state index in [-0.39, 0.29) is 28.8 Å². The highest BCUT2D eigenvalue weighted by Gasteiger charge is 2.51. The van der Waals surface area contributed by atoms with Gasteiger partial charge in [-0.05, 0) is 54.4 Å². The average Bonchev–Trinajstić information content (AvgIpc) is 2.75. The van der Waals surface area contributed by atoms with Gasteiger partial charge in [-0.3, -0.25) is 9.59 Å². The minimum atomic E-state index is -1.46. The first kappa shape index (κ1) is 21.2. The molecule has 1 atom stereocenters. The van der Waals surface area contributed by atoms with Gasteiger partial charge in [-0.1, -0.05) is 47.5 Å². The van der Waals surface area contributed by atoms with E-state index < -0.39 is 5.41 Å². The Morgan fingerprint density at radius 1 is 1.03 bits per heavy atom. The van der Waals surface area contributed by atoms with E-state index >= 15 is 0 Å². The third-order valence-corrected chi connectivity index (χ3v) is 6.15. The first-order valence-corrected chi connectivity index (χ1v) is 10.4. The quantitative estimate of drug-likeness (QED) is 0.430. The topological polar surface area (TPSA) is 72.6 Å². The molecule has 3 aromatic carbocycles. The van der Waals surface area contributed by atoms with E-state index in [2.05, 4.69) is 0 Å². The number of hydrogen-bond acceptors (Lipinski definition) is 4. The summed E-state index contributed by atoms with van der Waals surface area (Å²) in [6.07, 6.45) is 0. The number of methoxy groups -OCH3 is 1. The number of amides is 1. The number of ketones is 1. The van der Waals surface area contributed by atoms with E-state index in [0.29, 0.717) is 27.7 Å². The lowest BCUT2D eigenvalue weighted by Gasteiger charge is -2.40. The molecule has 5 nitrogen and oxygen atoms in total. The van der Waals surface area contributed by atoms with Crippen LogP contribution < -0.4 is 15.4 Å². The van der Waals surface area contributed by atoms with E-state index in [9.17, 15) is 9.59 Å². The number of anilines is 2. The first-order chi connectivity index (χ1) is 14.8. The molecule has 1 amide bonds. The summed E-state index contributed by atoms with van der Waals surface area (Å²) in [6, 6.07) is 17.3. The van der Waals surface area contributed by atoms with Crippen LogP contribution in [-0.2, 0) is 16.8 Å². The highest BCUT2D eigenvalue weighted by molar-refractivity contribution is 6.41. The summed E-state index contributed by atoms with van der Waals surface area (Å²) in [4.78, 5) is 29.1. The van der Waals surface area contributed by atoms with Crippen LogP contribution >= 0.6 is 23.2 Å². The van der Waals surface area contributed by atoms with Gasteiger partial charge in [0.1, 0.15) is 11.2 Å². The van der Waals surface area contributed by atoms with Crippen LogP contribution in [0.25, 0.3) is 0 Å². The Kier molecular flexibility index (Phi) is 5.42. The second-order valence-electron chi connectivity index (χ2n) is 7.60. The number of ether oxygens (including phenoxy) is 1. The fourth-order valence-electron chi connectivity index (χ4n) is 3.93. The predicted molar refractivity (Wildman–Crippen MR) is 123 cm³/mol. The lowest BCUT2D eigenvalue weighted by Crippen LogP contribution is -2.54. The van der Waals surface area contributed by atoms with E-state index in [0.717, 1.165) is 5.56 Å². The first-order valence-electron chi connectivity index (χ1n) is 9.60. The van der Waals surface area contributed by atoms with Gasteiger partial charge in [-0.15, -0.1) is 0 Å². The smallest absolute Gasteiger partial charge is 0.245 e. The molecule has 4 rings (SSSR count). The fraction of sp³-hybridized carbons (Fsp3) is 0.167. The lowest BCUT2D eigenvalue weighted by molar-refractivity contribution is -0.122. The van der Waals surface area contributed by atoms with Crippen molar-refractivity contribution in [2.75, 3.05) is 17.7 Å². The summed E-state index contributed by atoms with van der Waals surface area (Å²) >= 11 is 12.7. The van der Waals surface area contributed by atoms with Crippen molar-refractivity contribution in [3.8, 4) is 5.75 Å². The van der Waals surface area contributed by atoms with Crippen molar-refractivity contribution in [1.82, 2.24) is 0 Å². The van der Waals surface area contributed by atoms with Gasteiger partial charge < -0.3 is 15.4 Å². The molecular formula is C24H20Cl2N2O3. The zero-order valence-electron chi connectivity index (χ0n) is 17.0. The highest BCUT2D eigenvalue weighted by Crippen LogP contribution is 2.44. The van der Waals surface area contributed by atoms with Crippen molar-refractivity contribution in [1.29, 1.82) is 0 Å². The Labute approximate surface area is 190 Å². The Morgan fingerprint density at radius 3 is 2.39 bits per heavy atom. The molecule has 1 unspecified atom stereocenters. The maximum Gasteiger partial charge on any atom is 0.245 e. The molecule has 1 aliphatic rings. The number of Topliss-reactive ketones (excluding diaryl/α,β-unsaturated/α-hetero) is 1. The largest absolute Gasteiger partial charge is 0.497 e. The number of nitrogens with zero attached hydrogens (tertiary/aromatic N) is 1. The van der Waals surface area contributed by atoms with Crippen LogP contribution in [0.5, 0.6) is 5.75 Å². The van der Waals surface area contributed by atoms with Crippen LogP contribution in [0.3, 0.4) is 0 Å². The van der Waals surface area contributed by atoms with Crippen molar-refractivity contribution >= 4 is 46.3 Å². The predicted octanol–water partition coefficient (Wildman–Crippen LogP) is 5.27. The van der Waals surface area contributed by atoms with Crippen molar-refractivity contribution in [3.63, 3.8) is 0 Å². The molecule has 0 saturated carbocycles. The Hall–Kier alpha value is -3.02. The molecule has 0 spiro atoms. The summed E-state index contributed by atoms with van der Waals surface area (Å²) in [5.74, 6) is -0.107. The molecular weight excluding hydrogens is 435 g/mol. The van der Waals surface area contributed by atoms with Crippen molar-refractivity contribution < 1.29 is 14.3 Å². The van der Waals surface area contributed by atoms with Crippen LogP contribution in [0, 0.1) is 0 Å². The second kappa shape index (κ2) is 7.91. The number of benzene rings is 3. The molecule has 0 saturated heterocycles. The zero-order chi connectivity index (χ0) is 22.3. The highest BCUT2D eigenvalue weighted by atomic mass is 35.5. The minimum absolute atomic E-state index is 0.206. The number of hydrogen-bond donors (Lipinski definition) is 1. The van der Waals surface area contributed by atoms with Gasteiger partial charge in [-0.2, -0.15) is 0 Å². The van der Waals surface area contributed by atoms with Gasteiger partial charge in [0.05, 0.1) is 29.9 Å². The van der Waals surface area contributed by atoms with Gasteiger partial charge in [0.25, 0.3) is 0 Å². The standard InChI is InChI=1S/C24H20Cl2N2O3/c1-24(15-6-8-18(31-2)9-7-15)22(29)21-19(26)11-16(25)12-20(21)28(23(24)30)13-14-4-3-5-17(27)10-14/h3-12H,13,27H2,1-2H3. The molecule has 31 heavy (non-hydrogen) atoms. The third kappa shape index (κ3) is 3.54. The van der Waals surface area contributed by atoms with Gasteiger partial charge in [-0.25, -0.2) is 0 Å². The number of halogens is 2. The maximum atomic E-state index is 13.8. The molecule has 0 aromatic heterocycles. The second-order valence-corrected chi connectivity index (χ2v) is 8.44. The molecule has 0 fully saturated rings. The van der Waals surface area contributed by atoms with Crippen molar-refractivity contribution in [3.05, 3.63) is 87.4 Å². The summed E-state index contributed by atoms with van der Waals surface area (Å²) in [5, 5.41) is 0.548. The van der Waals surface area contributed by atoms with Gasteiger partial charge >= 0.3 is 0 Å². The number of fused-ring (bicyclic) bond motifs is 1. The molecule has 7 heteroatoms. The molecule has 0 aliphatic carbocycles. The number of carbonyl (C=O) groups excluding carboxylic acids is 2. The molecule has 1 aliphatic heterocycles. The summed E-state index contributed by atoms with van der Waals surface area (Å²) in [5.41, 5.74) is 7.08. The molecule has 3 aromatic rings. The van der Waals surface area contributed by atoms with E-state index in [1.54, 1.807) is 61.4 Å². The summed E-state index contributed by atoms with van der Waals surface area (Å²) < 4.78 is 5.22. The maximum absolute atomic E-state index is 13.8. The number of rotatable bonds is 4. The normalized spacial score (nSPS) is 18.1. The van der Waals surface area contributed by atoms with Crippen LogP contribution in [0.2, 0.25) is 10.0 Å². The van der Waals surface area contributed by atoms with E-state index in [4.69, 9.17) is 33.7 Å². The molecule has 1 heterocycles. The SMILES string of the molecule is COc1ccc(C2(C)C(=O)c3c(Cl)cc(Cl)cc3N(Cc3cccc(N)c3)C2=O)cc1. The van der Waals surface area contributed by atoms with E-state index in [1.165, 1.54) is 6.07 Å². The molecule has 158 valence electrons. The minimum Gasteiger partial charge on any atom is -0.497 e. The molecule has 0 bridgehead atoms. The van der Waals surface area contributed by atoms with Crippen LogP contribution in [-0.4, -0.2) is 18.8 Å². The Bertz CT molecular complexity index is 1190. The monoisotopic (exact) mass is 454 g/mol. The third-order valence-electron chi connectivity index (χ3n) is 5.64. The van der Waals surface area contributed by atoms with Crippen LogP contribution in [0.15, 0.2) is 60.7 Å². The lowest BCUT2D eigenvalue weighted by atomic mass is 9.72. The molecule has 2 N–H and O–H groups in total. The molecule has 0 radical (unpaired) electrons. The van der Waals surface area contributed by atoms with Gasteiger partial charge in [0.2, 0.25) is 5.91 Å². The Balaban J connectivity index is 1.90. The zero-order valence-corrected chi connectivity index (χ0v) is 18.5. The van der Waals surface area contributed by atoms with Crippen LogP contribution in [0.4, 0.5) is 11.4 Å². The number of nitrogens with two attached hydrogens (primary N) is 1. The van der Waals surface area contributed by atoms with Gasteiger partial charge in [0, 0.05) is 10.7 Å². The van der Waals surface area contributed by atoms with Crippen molar-refractivity contribution in [2.24, 2.45) is 0 Å². The van der Waals surface area contributed by atoms with Crippen molar-refractivity contribution in [2.45, 2.75) is 18.9 Å². The average molecular weight is 455 g/mol. The summed E-state index contributed by atoms with van der Waals surface area (Å²) in [7, 11) is 1.56. The number of carbonyl (C=O) groups is 2. The van der Waals surface area contributed by atoms with Gasteiger partial charge in [0.15, 0.2) is 5.78 Å². The van der Waals surface area contributed by atoms with Crippen LogP contribution in [0.1, 0.15) is 28.4 Å². The Morgan fingerprint density at radius 2 is 1.74 bits per heavy atom. The fourth-order valence-corrected chi connectivity index (χ4v) is 4.50. The van der Waals surface area contributed by atoms with E-state index in [1.807, 2.05) is 12.1 Å². The number of nitrogen functional groups attached to an aromatic ring is 1. The summed E-state index contributed by atoms with van der Waals surface area (Å²) in [6.45, 7) is 1.84.